The second-order valence-electron chi connectivity index (χ2n) is 5.92. The van der Waals surface area contributed by atoms with Crippen LogP contribution in [0, 0.1) is 23.1 Å². The van der Waals surface area contributed by atoms with Crippen LogP contribution >= 0.6 is 11.8 Å². The fourth-order valence-corrected chi connectivity index (χ4v) is 3.99. The molecule has 0 saturated heterocycles. The summed E-state index contributed by atoms with van der Waals surface area (Å²) < 4.78 is 18.8. The lowest BCUT2D eigenvalue weighted by molar-refractivity contribution is 0.0823. The van der Waals surface area contributed by atoms with Crippen LogP contribution < -0.4 is 0 Å². The number of ketones is 2. The molecule has 27 heavy (non-hydrogen) atoms. The van der Waals surface area contributed by atoms with Crippen molar-refractivity contribution in [2.45, 2.75) is 10.6 Å². The molecule has 0 radical (unpaired) electrons. The van der Waals surface area contributed by atoms with Crippen LogP contribution in [0.4, 0.5) is 4.39 Å². The molecule has 0 saturated carbocycles. The Hall–Kier alpha value is -3.24. The van der Waals surface area contributed by atoms with Crippen LogP contribution in [0.5, 0.6) is 0 Å². The summed E-state index contributed by atoms with van der Waals surface area (Å²) in [7, 11) is 0. The standard InChI is InChI=1S/C20H11FN2O3S/c21-12-6-7-16-13(8-12)17-15(10-27-16)20(26-23-17)19(25)14(9-22)18(24)11-4-2-1-3-5-11/h1-8,14H,10H2. The molecule has 1 aliphatic heterocycles. The van der Waals surface area contributed by atoms with Crippen LogP contribution in [0.3, 0.4) is 0 Å². The fraction of sp³-hybridized carbons (Fsp3) is 0.100. The Bertz CT molecular complexity index is 1100. The number of carbonyl (C=O) groups excluding carboxylic acids is 2. The Morgan fingerprint density at radius 3 is 2.70 bits per heavy atom. The van der Waals surface area contributed by atoms with Crippen LogP contribution in [0.2, 0.25) is 0 Å². The number of hydrogen-bond donors (Lipinski definition) is 0. The summed E-state index contributed by atoms with van der Waals surface area (Å²) in [6.45, 7) is 0. The molecule has 1 aromatic heterocycles. The maximum Gasteiger partial charge on any atom is 0.226 e. The maximum atomic E-state index is 13.6. The minimum Gasteiger partial charge on any atom is -0.352 e. The second-order valence-corrected chi connectivity index (χ2v) is 6.94. The van der Waals surface area contributed by atoms with Crippen LogP contribution in [0.15, 0.2) is 57.9 Å². The number of benzene rings is 2. The number of fused-ring (bicyclic) bond motifs is 3. The van der Waals surface area contributed by atoms with Crippen molar-refractivity contribution in [3.05, 3.63) is 71.2 Å². The third-order valence-corrected chi connectivity index (χ3v) is 5.39. The maximum absolute atomic E-state index is 13.6. The largest absolute Gasteiger partial charge is 0.352 e. The van der Waals surface area contributed by atoms with E-state index in [0.29, 0.717) is 22.6 Å². The highest BCUT2D eigenvalue weighted by molar-refractivity contribution is 7.98. The van der Waals surface area contributed by atoms with Crippen molar-refractivity contribution in [1.82, 2.24) is 5.16 Å². The molecule has 0 N–H and O–H groups in total. The zero-order chi connectivity index (χ0) is 19.0. The summed E-state index contributed by atoms with van der Waals surface area (Å²) in [6.07, 6.45) is 0. The van der Waals surface area contributed by atoms with Crippen molar-refractivity contribution in [3.8, 4) is 17.3 Å². The number of nitriles is 1. The number of carbonyl (C=O) groups is 2. The smallest absolute Gasteiger partial charge is 0.226 e. The highest BCUT2D eigenvalue weighted by Crippen LogP contribution is 2.42. The molecule has 0 amide bonds. The third-order valence-electron chi connectivity index (χ3n) is 4.29. The Labute approximate surface area is 157 Å². The van der Waals surface area contributed by atoms with Crippen LogP contribution in [0.1, 0.15) is 26.5 Å². The molecule has 2 aromatic carbocycles. The summed E-state index contributed by atoms with van der Waals surface area (Å²) in [5.74, 6) is -3.02. The Morgan fingerprint density at radius 1 is 1.19 bits per heavy atom. The molecule has 7 heteroatoms. The average molecular weight is 378 g/mol. The van der Waals surface area contributed by atoms with Gasteiger partial charge >= 0.3 is 0 Å². The molecular weight excluding hydrogens is 367 g/mol. The number of thioether (sulfide) groups is 1. The lowest BCUT2D eigenvalue weighted by Crippen LogP contribution is -2.23. The van der Waals surface area contributed by atoms with Crippen molar-refractivity contribution in [2.75, 3.05) is 0 Å². The highest BCUT2D eigenvalue weighted by atomic mass is 32.2. The minimum absolute atomic E-state index is 0.122. The number of halogens is 1. The van der Waals surface area contributed by atoms with Crippen molar-refractivity contribution in [2.24, 2.45) is 5.92 Å². The zero-order valence-electron chi connectivity index (χ0n) is 13.8. The van der Waals surface area contributed by atoms with E-state index >= 15 is 0 Å². The molecule has 0 bridgehead atoms. The summed E-state index contributed by atoms with van der Waals surface area (Å²) in [5, 5.41) is 13.3. The quantitative estimate of drug-likeness (QED) is 0.497. The highest BCUT2D eigenvalue weighted by Gasteiger charge is 2.35. The van der Waals surface area contributed by atoms with Gasteiger partial charge < -0.3 is 4.52 Å². The summed E-state index contributed by atoms with van der Waals surface area (Å²) in [6, 6.07) is 14.2. The first kappa shape index (κ1) is 17.2. The van der Waals surface area contributed by atoms with Crippen LogP contribution in [0.25, 0.3) is 11.3 Å². The van der Waals surface area contributed by atoms with E-state index in [9.17, 15) is 19.2 Å². The van der Waals surface area contributed by atoms with Gasteiger partial charge in [0.15, 0.2) is 11.7 Å². The van der Waals surface area contributed by atoms with Gasteiger partial charge in [0.1, 0.15) is 11.5 Å². The number of Topliss-reactive ketones (excluding diaryl/α,β-unsaturated/α-hetero) is 2. The van der Waals surface area contributed by atoms with Gasteiger partial charge in [0, 0.05) is 27.3 Å². The van der Waals surface area contributed by atoms with E-state index in [1.807, 2.05) is 0 Å². The predicted octanol–water partition coefficient (Wildman–Crippen LogP) is 4.29. The first-order valence-electron chi connectivity index (χ1n) is 8.04. The van der Waals surface area contributed by atoms with Gasteiger partial charge in [-0.2, -0.15) is 5.26 Å². The molecule has 0 fully saturated rings. The van der Waals surface area contributed by atoms with Crippen molar-refractivity contribution < 1.29 is 18.5 Å². The summed E-state index contributed by atoms with van der Waals surface area (Å²) in [4.78, 5) is 26.2. The molecule has 1 unspecified atom stereocenters. The molecule has 1 atom stereocenters. The van der Waals surface area contributed by atoms with Gasteiger partial charge in [0.05, 0.1) is 6.07 Å². The van der Waals surface area contributed by atoms with E-state index in [1.165, 1.54) is 23.9 Å². The Morgan fingerprint density at radius 2 is 1.96 bits per heavy atom. The van der Waals surface area contributed by atoms with Gasteiger partial charge in [-0.3, -0.25) is 9.59 Å². The first-order valence-corrected chi connectivity index (χ1v) is 9.03. The Kier molecular flexibility index (Phi) is 4.34. The molecule has 4 rings (SSSR count). The van der Waals surface area contributed by atoms with E-state index in [2.05, 4.69) is 5.16 Å². The van der Waals surface area contributed by atoms with Gasteiger partial charge in [-0.1, -0.05) is 35.5 Å². The Balaban J connectivity index is 1.72. The van der Waals surface area contributed by atoms with Gasteiger partial charge in [-0.25, -0.2) is 4.39 Å². The van der Waals surface area contributed by atoms with Crippen molar-refractivity contribution in [1.29, 1.82) is 5.26 Å². The number of hydrogen-bond acceptors (Lipinski definition) is 6. The van der Waals surface area contributed by atoms with Gasteiger partial charge in [-0.05, 0) is 18.2 Å². The molecule has 0 aliphatic carbocycles. The fourth-order valence-electron chi connectivity index (χ4n) is 2.95. The summed E-state index contributed by atoms with van der Waals surface area (Å²) in [5.41, 5.74) is 1.65. The number of nitrogens with zero attached hydrogens (tertiary/aromatic N) is 2. The number of rotatable bonds is 4. The molecule has 2 heterocycles. The average Bonchev–Trinajstić information content (AvgIpc) is 3.13. The molecular formula is C20H11FN2O3S. The molecule has 132 valence electrons. The van der Waals surface area contributed by atoms with Gasteiger partial charge in [0.25, 0.3) is 0 Å². The van der Waals surface area contributed by atoms with Crippen molar-refractivity contribution >= 4 is 23.3 Å². The zero-order valence-corrected chi connectivity index (χ0v) is 14.6. The third kappa shape index (κ3) is 2.94. The normalized spacial score (nSPS) is 13.2. The molecule has 5 nitrogen and oxygen atoms in total. The SMILES string of the molecule is N#CC(C(=O)c1ccccc1)C(=O)c1onc2c1CSc1ccc(F)cc1-2. The molecule has 0 spiro atoms. The van der Waals surface area contributed by atoms with E-state index < -0.39 is 23.3 Å². The van der Waals surface area contributed by atoms with Gasteiger partial charge in [0.2, 0.25) is 11.5 Å². The lowest BCUT2D eigenvalue weighted by atomic mass is 9.92. The van der Waals surface area contributed by atoms with E-state index in [-0.39, 0.29) is 11.3 Å². The van der Waals surface area contributed by atoms with E-state index in [0.717, 1.165) is 4.90 Å². The van der Waals surface area contributed by atoms with Crippen LogP contribution in [-0.2, 0) is 5.75 Å². The van der Waals surface area contributed by atoms with Crippen molar-refractivity contribution in [3.63, 3.8) is 0 Å². The molecule has 1 aliphatic rings. The van der Waals surface area contributed by atoms with Crippen LogP contribution in [-0.4, -0.2) is 16.7 Å². The predicted molar refractivity (Wildman–Crippen MR) is 95.7 cm³/mol. The topological polar surface area (TPSA) is 84.0 Å². The summed E-state index contributed by atoms with van der Waals surface area (Å²) >= 11 is 1.41. The van der Waals surface area contributed by atoms with Gasteiger partial charge in [-0.15, -0.1) is 11.8 Å². The second kappa shape index (κ2) is 6.82. The first-order chi connectivity index (χ1) is 13.1. The lowest BCUT2D eigenvalue weighted by Gasteiger charge is -2.14. The number of aromatic nitrogens is 1. The molecule has 3 aromatic rings. The van der Waals surface area contributed by atoms with E-state index in [4.69, 9.17) is 4.52 Å². The minimum atomic E-state index is -1.52. The van der Waals surface area contributed by atoms with E-state index in [1.54, 1.807) is 42.5 Å². The monoisotopic (exact) mass is 378 g/mol.